The topological polar surface area (TPSA) is 58.9 Å². The summed E-state index contributed by atoms with van der Waals surface area (Å²) in [5.41, 5.74) is 3.02. The Hall–Kier alpha value is -0.940. The van der Waals surface area contributed by atoms with E-state index >= 15 is 0 Å². The maximum Gasteiger partial charge on any atom is 0.0681 e. The zero-order valence-corrected chi connectivity index (χ0v) is 19.5. The summed E-state index contributed by atoms with van der Waals surface area (Å²) in [7, 11) is 0. The van der Waals surface area contributed by atoms with Gasteiger partial charge in [-0.2, -0.15) is 0 Å². The molecule has 0 amide bonds. The molecule has 0 aliphatic carbocycles. The summed E-state index contributed by atoms with van der Waals surface area (Å²) < 4.78 is 10.2. The summed E-state index contributed by atoms with van der Waals surface area (Å²) in [4.78, 5) is 0. The molecule has 168 valence electrons. The van der Waals surface area contributed by atoms with Crippen LogP contribution in [0, 0.1) is 22.7 Å². The first-order valence-corrected chi connectivity index (χ1v) is 11.2. The van der Waals surface area contributed by atoms with Gasteiger partial charge in [-0.25, -0.2) is 0 Å². The third-order valence-electron chi connectivity index (χ3n) is 6.46. The molecule has 0 aromatic heterocycles. The second-order valence-corrected chi connectivity index (χ2v) is 9.44. The van der Waals surface area contributed by atoms with Crippen LogP contribution >= 0.6 is 0 Å². The van der Waals surface area contributed by atoms with Crippen LogP contribution in [0.5, 0.6) is 0 Å². The third kappa shape index (κ3) is 8.01. The van der Waals surface area contributed by atoms with E-state index < -0.39 is 0 Å². The van der Waals surface area contributed by atoms with Gasteiger partial charge in [0.2, 0.25) is 0 Å². The Morgan fingerprint density at radius 1 is 0.828 bits per heavy atom. The standard InChI is InChI=1S/C11H16O.C8H16O.C6H12O2/c1-9(2)7-10-3-5-11(8-12)6-4-10;1-4-8(7(2)3)5-9-6-8;1-2-6(3-7)4-8-5-6/h3-6,9,12H,7-8H2,1-2H3;7H,4-6H2,1-3H3;7H,2-5H2,1H3. The maximum atomic E-state index is 8.81. The van der Waals surface area contributed by atoms with Gasteiger partial charge in [0.1, 0.15) is 0 Å². The van der Waals surface area contributed by atoms with Gasteiger partial charge in [0, 0.05) is 10.8 Å². The van der Waals surface area contributed by atoms with E-state index in [2.05, 4.69) is 53.7 Å². The largest absolute Gasteiger partial charge is 0.396 e. The van der Waals surface area contributed by atoms with Gasteiger partial charge < -0.3 is 19.7 Å². The summed E-state index contributed by atoms with van der Waals surface area (Å²) in [5, 5.41) is 17.6. The first-order valence-electron chi connectivity index (χ1n) is 11.2. The molecule has 1 aromatic rings. The average molecular weight is 409 g/mol. The van der Waals surface area contributed by atoms with Crippen LogP contribution in [0.15, 0.2) is 24.3 Å². The monoisotopic (exact) mass is 408 g/mol. The smallest absolute Gasteiger partial charge is 0.0681 e. The van der Waals surface area contributed by atoms with Crippen LogP contribution in [-0.2, 0) is 22.5 Å². The van der Waals surface area contributed by atoms with Gasteiger partial charge >= 0.3 is 0 Å². The van der Waals surface area contributed by atoms with Crippen molar-refractivity contribution in [2.75, 3.05) is 33.0 Å². The van der Waals surface area contributed by atoms with Gasteiger partial charge in [-0.15, -0.1) is 0 Å². The highest BCUT2D eigenvalue weighted by atomic mass is 16.5. The number of aliphatic hydroxyl groups excluding tert-OH is 2. The number of ether oxygens (including phenoxy) is 2. The number of hydrogen-bond acceptors (Lipinski definition) is 4. The molecule has 2 aliphatic heterocycles. The summed E-state index contributed by atoms with van der Waals surface area (Å²) in [6, 6.07) is 8.15. The second-order valence-electron chi connectivity index (χ2n) is 9.44. The molecule has 4 nitrogen and oxygen atoms in total. The number of aliphatic hydroxyl groups is 2. The molecule has 29 heavy (non-hydrogen) atoms. The Labute approximate surface area is 178 Å². The SMILES string of the molecule is CC(C)Cc1ccc(CO)cc1.CCC1(C(C)C)COC1.CCC1(CO)COC1. The molecule has 0 unspecified atom stereocenters. The molecule has 2 N–H and O–H groups in total. The Balaban J connectivity index is 0.000000223. The fourth-order valence-corrected chi connectivity index (χ4v) is 3.36. The zero-order chi connectivity index (χ0) is 21.9. The van der Waals surface area contributed by atoms with Gasteiger partial charge in [0.15, 0.2) is 0 Å². The van der Waals surface area contributed by atoms with E-state index in [1.54, 1.807) is 0 Å². The molecule has 2 heterocycles. The van der Waals surface area contributed by atoms with Crippen molar-refractivity contribution in [1.29, 1.82) is 0 Å². The molecule has 0 radical (unpaired) electrons. The lowest BCUT2D eigenvalue weighted by molar-refractivity contribution is -0.140. The van der Waals surface area contributed by atoms with E-state index in [1.807, 2.05) is 12.1 Å². The number of rotatable bonds is 7. The summed E-state index contributed by atoms with van der Waals surface area (Å²) >= 11 is 0. The highest BCUT2D eigenvalue weighted by molar-refractivity contribution is 5.22. The Morgan fingerprint density at radius 2 is 1.34 bits per heavy atom. The number of benzene rings is 1. The van der Waals surface area contributed by atoms with Crippen molar-refractivity contribution in [2.24, 2.45) is 22.7 Å². The van der Waals surface area contributed by atoms with Crippen molar-refractivity contribution >= 4 is 0 Å². The molecular weight excluding hydrogens is 364 g/mol. The summed E-state index contributed by atoms with van der Waals surface area (Å²) in [6.07, 6.45) is 3.42. The van der Waals surface area contributed by atoms with Crippen molar-refractivity contribution in [3.63, 3.8) is 0 Å². The highest BCUT2D eigenvalue weighted by Gasteiger charge is 2.39. The van der Waals surface area contributed by atoms with Crippen molar-refractivity contribution in [3.05, 3.63) is 35.4 Å². The van der Waals surface area contributed by atoms with Gasteiger partial charge in [0.25, 0.3) is 0 Å². The Morgan fingerprint density at radius 3 is 1.52 bits per heavy atom. The minimum atomic E-state index is 0.139. The van der Waals surface area contributed by atoms with Crippen LogP contribution in [0.1, 0.15) is 65.5 Å². The molecule has 2 aliphatic rings. The van der Waals surface area contributed by atoms with E-state index in [9.17, 15) is 0 Å². The van der Waals surface area contributed by atoms with Gasteiger partial charge in [-0.1, -0.05) is 65.8 Å². The van der Waals surface area contributed by atoms with Crippen LogP contribution in [0.3, 0.4) is 0 Å². The predicted molar refractivity (Wildman–Crippen MR) is 120 cm³/mol. The van der Waals surface area contributed by atoms with Gasteiger partial charge in [0.05, 0.1) is 39.6 Å². The minimum Gasteiger partial charge on any atom is -0.396 e. The first-order chi connectivity index (χ1) is 13.8. The van der Waals surface area contributed by atoms with Crippen molar-refractivity contribution < 1.29 is 19.7 Å². The predicted octanol–water partition coefficient (Wildman–Crippen LogP) is 4.85. The highest BCUT2D eigenvalue weighted by Crippen LogP contribution is 2.38. The quantitative estimate of drug-likeness (QED) is 0.677. The Kier molecular flexibility index (Phi) is 11.4. The fraction of sp³-hybridized carbons (Fsp3) is 0.760. The minimum absolute atomic E-state index is 0.139. The molecular formula is C25H44O4. The Bertz CT molecular complexity index is 523. The van der Waals surface area contributed by atoms with Crippen molar-refractivity contribution in [2.45, 2.75) is 67.4 Å². The van der Waals surface area contributed by atoms with Gasteiger partial charge in [-0.3, -0.25) is 0 Å². The average Bonchev–Trinajstić information content (AvgIpc) is 2.62. The molecule has 2 fully saturated rings. The van der Waals surface area contributed by atoms with Crippen LogP contribution < -0.4 is 0 Å². The van der Waals surface area contributed by atoms with Crippen LogP contribution in [0.25, 0.3) is 0 Å². The molecule has 0 bridgehead atoms. The molecule has 0 atom stereocenters. The molecule has 0 saturated carbocycles. The van der Waals surface area contributed by atoms with Crippen molar-refractivity contribution in [1.82, 2.24) is 0 Å². The maximum absolute atomic E-state index is 8.81. The van der Waals surface area contributed by atoms with Crippen molar-refractivity contribution in [3.8, 4) is 0 Å². The molecule has 0 spiro atoms. The molecule has 1 aromatic carbocycles. The summed E-state index contributed by atoms with van der Waals surface area (Å²) in [6.45, 7) is 17.2. The number of hydrogen-bond donors (Lipinski definition) is 2. The lowest BCUT2D eigenvalue weighted by Gasteiger charge is -2.44. The lowest BCUT2D eigenvalue weighted by Crippen LogP contribution is -2.46. The van der Waals surface area contributed by atoms with E-state index in [1.165, 1.54) is 12.0 Å². The molecule has 2 saturated heterocycles. The first kappa shape index (κ1) is 26.1. The molecule has 4 heteroatoms. The van der Waals surface area contributed by atoms with E-state index in [4.69, 9.17) is 19.7 Å². The molecule has 3 rings (SSSR count). The fourth-order valence-electron chi connectivity index (χ4n) is 3.36. The summed E-state index contributed by atoms with van der Waals surface area (Å²) in [5.74, 6) is 1.49. The normalized spacial score (nSPS) is 18.7. The van der Waals surface area contributed by atoms with Crippen LogP contribution in [0.2, 0.25) is 0 Å². The van der Waals surface area contributed by atoms with E-state index in [-0.39, 0.29) is 18.6 Å². The lowest BCUT2D eigenvalue weighted by atomic mass is 9.73. The van der Waals surface area contributed by atoms with Crippen LogP contribution in [-0.4, -0.2) is 43.2 Å². The zero-order valence-electron chi connectivity index (χ0n) is 19.5. The van der Waals surface area contributed by atoms with Gasteiger partial charge in [-0.05, 0) is 42.2 Å². The second kappa shape index (κ2) is 12.7. The van der Waals surface area contributed by atoms with E-state index in [0.717, 1.165) is 50.8 Å². The van der Waals surface area contributed by atoms with E-state index in [0.29, 0.717) is 11.3 Å². The third-order valence-corrected chi connectivity index (χ3v) is 6.46. The van der Waals surface area contributed by atoms with Crippen LogP contribution in [0.4, 0.5) is 0 Å².